The molecule has 2 aromatic heterocycles. The molecular weight excluding hydrogens is 669 g/mol. The van der Waals surface area contributed by atoms with E-state index in [9.17, 15) is 0 Å². The molecule has 3 heterocycles. The molecule has 4 aromatic carbocycles. The minimum Gasteiger partial charge on any atom is -0.374 e. The van der Waals surface area contributed by atoms with Gasteiger partial charge in [-0.05, 0) is 28.3 Å². The fraction of sp³-hybridized carbons (Fsp3) is 0.268. The summed E-state index contributed by atoms with van der Waals surface area (Å²) in [5.41, 5.74) is 4.20. The molecule has 51 heavy (non-hydrogen) atoms. The van der Waals surface area contributed by atoms with Gasteiger partial charge in [-0.3, -0.25) is 0 Å². The van der Waals surface area contributed by atoms with Gasteiger partial charge in [0.2, 0.25) is 0 Å². The third kappa shape index (κ3) is 8.70. The first-order valence-corrected chi connectivity index (χ1v) is 17.4. The Morgan fingerprint density at radius 2 is 1.10 bits per heavy atom. The molecule has 1 aliphatic heterocycles. The van der Waals surface area contributed by atoms with Crippen LogP contribution in [-0.2, 0) is 50.1 Å². The first-order valence-electron chi connectivity index (χ1n) is 17.0. The summed E-state index contributed by atoms with van der Waals surface area (Å²) in [4.78, 5) is 8.58. The van der Waals surface area contributed by atoms with Crippen molar-refractivity contribution in [2.45, 2.75) is 63.2 Å². The van der Waals surface area contributed by atoms with E-state index in [1.807, 2.05) is 121 Å². The van der Waals surface area contributed by atoms with Crippen LogP contribution in [0.15, 0.2) is 140 Å². The fourth-order valence-corrected chi connectivity index (χ4v) is 6.51. The van der Waals surface area contributed by atoms with E-state index in [-0.39, 0.29) is 31.6 Å². The van der Waals surface area contributed by atoms with Gasteiger partial charge in [0.1, 0.15) is 41.5 Å². The quantitative estimate of drug-likeness (QED) is 0.106. The largest absolute Gasteiger partial charge is 0.374 e. The maximum Gasteiger partial charge on any atom is 0.174 e. The summed E-state index contributed by atoms with van der Waals surface area (Å²) < 4.78 is 52.4. The zero-order valence-electron chi connectivity index (χ0n) is 27.9. The van der Waals surface area contributed by atoms with E-state index in [0.717, 1.165) is 22.3 Å². The molecule has 0 bridgehead atoms. The number of benzene rings is 4. The Labute approximate surface area is 301 Å². The molecule has 8 nitrogen and oxygen atoms in total. The number of nitrogens with zero attached hydrogens (tertiary/aromatic N) is 3. The lowest BCUT2D eigenvalue weighted by atomic mass is 9.99. The van der Waals surface area contributed by atoms with E-state index < -0.39 is 36.8 Å². The van der Waals surface area contributed by atoms with E-state index in [4.69, 9.17) is 35.3 Å². The van der Waals surface area contributed by atoms with Crippen LogP contribution in [0, 0.1) is 0 Å². The van der Waals surface area contributed by atoms with E-state index >= 15 is 4.39 Å². The van der Waals surface area contributed by atoms with Crippen molar-refractivity contribution in [2.75, 3.05) is 6.61 Å². The van der Waals surface area contributed by atoms with Gasteiger partial charge in [0.15, 0.2) is 12.4 Å². The Morgan fingerprint density at radius 1 is 0.608 bits per heavy atom. The van der Waals surface area contributed by atoms with Crippen molar-refractivity contribution in [1.82, 2.24) is 14.5 Å². The Balaban J connectivity index is 1.29. The molecule has 0 unspecified atom stereocenters. The van der Waals surface area contributed by atoms with Gasteiger partial charge in [-0.15, -0.1) is 0 Å². The molecular formula is C41H39ClFN3O5. The average Bonchev–Trinajstić information content (AvgIpc) is 3.58. The molecule has 0 N–H and O–H groups in total. The number of fused-ring (bicyclic) bond motifs is 1. The molecule has 10 heteroatoms. The molecule has 1 saturated heterocycles. The third-order valence-corrected chi connectivity index (χ3v) is 9.20. The van der Waals surface area contributed by atoms with Crippen LogP contribution in [0.3, 0.4) is 0 Å². The number of hydrogen-bond donors (Lipinski definition) is 0. The molecule has 0 spiro atoms. The van der Waals surface area contributed by atoms with Crippen molar-refractivity contribution < 1.29 is 28.1 Å². The molecule has 0 radical (unpaired) electrons. The normalized spacial score (nSPS) is 22.2. The van der Waals surface area contributed by atoms with Crippen molar-refractivity contribution in [3.63, 3.8) is 0 Å². The molecule has 0 aliphatic carbocycles. The second-order valence-corrected chi connectivity index (χ2v) is 12.8. The van der Waals surface area contributed by atoms with Crippen molar-refractivity contribution in [3.8, 4) is 0 Å². The SMILES string of the molecule is F[C@H]1[C@H](OCc2ccccc2)[C@@H](OCc2ccccc2)[C@H](OCc2ccccc2)[C@@H](COCc2ccccc2)O[C@H]1n1ccc2c(Cl)ncnc21. The van der Waals surface area contributed by atoms with E-state index in [1.54, 1.807) is 16.8 Å². The van der Waals surface area contributed by atoms with Crippen LogP contribution in [0.4, 0.5) is 4.39 Å². The average molecular weight is 708 g/mol. The van der Waals surface area contributed by atoms with Gasteiger partial charge in [-0.1, -0.05) is 133 Å². The van der Waals surface area contributed by atoms with Crippen LogP contribution in [0.2, 0.25) is 5.15 Å². The van der Waals surface area contributed by atoms with Crippen molar-refractivity contribution in [1.29, 1.82) is 0 Å². The molecule has 1 aliphatic rings. The molecule has 0 saturated carbocycles. The predicted octanol–water partition coefficient (Wildman–Crippen LogP) is 8.29. The van der Waals surface area contributed by atoms with Crippen LogP contribution in [-0.4, -0.2) is 51.7 Å². The lowest BCUT2D eigenvalue weighted by Gasteiger charge is -2.34. The fourth-order valence-electron chi connectivity index (χ4n) is 6.32. The number of ether oxygens (including phenoxy) is 5. The first-order chi connectivity index (χ1) is 25.1. The van der Waals surface area contributed by atoms with Crippen LogP contribution in [0.1, 0.15) is 28.5 Å². The highest BCUT2D eigenvalue weighted by Gasteiger charge is 2.50. The zero-order valence-corrected chi connectivity index (χ0v) is 28.7. The van der Waals surface area contributed by atoms with E-state index in [1.165, 1.54) is 6.33 Å². The van der Waals surface area contributed by atoms with E-state index in [2.05, 4.69) is 9.97 Å². The Bertz CT molecular complexity index is 1940. The van der Waals surface area contributed by atoms with Crippen molar-refractivity contribution in [3.05, 3.63) is 167 Å². The molecule has 6 atom stereocenters. The minimum absolute atomic E-state index is 0.0864. The van der Waals surface area contributed by atoms with Gasteiger partial charge in [0.05, 0.1) is 38.4 Å². The number of aromatic nitrogens is 3. The summed E-state index contributed by atoms with van der Waals surface area (Å²) in [5, 5.41) is 0.835. The van der Waals surface area contributed by atoms with Crippen molar-refractivity contribution >= 4 is 22.6 Å². The standard InChI is InChI=1S/C41H39ClFN3O5/c42-39-33-21-22-46(40(33)45-28-44-39)41-35(43)37(49-25-31-17-9-3-10-18-31)38(50-26-32-19-11-4-12-20-32)36(48-24-30-15-7-2-8-16-30)34(51-41)27-47-23-29-13-5-1-6-14-29/h1-22,28,34-38,41H,23-27H2/t34-,35+,36-,37+,38+,41-/m1/s1. The third-order valence-electron chi connectivity index (χ3n) is 8.90. The first kappa shape index (κ1) is 34.9. The Kier molecular flexibility index (Phi) is 11.8. The Hall–Kier alpha value is -4.48. The summed E-state index contributed by atoms with van der Waals surface area (Å²) in [6, 6.07) is 40.9. The predicted molar refractivity (Wildman–Crippen MR) is 192 cm³/mol. The smallest absolute Gasteiger partial charge is 0.174 e. The van der Waals surface area contributed by atoms with Crippen molar-refractivity contribution in [2.24, 2.45) is 0 Å². The number of halogens is 2. The van der Waals surface area contributed by atoms with E-state index in [0.29, 0.717) is 17.6 Å². The number of rotatable bonds is 14. The summed E-state index contributed by atoms with van der Waals surface area (Å²) in [6.07, 6.45) is -3.52. The maximum atomic E-state index is 17.6. The number of alkyl halides is 1. The second-order valence-electron chi connectivity index (χ2n) is 12.4. The summed E-state index contributed by atoms with van der Waals surface area (Å²) in [5.74, 6) is 0. The second kappa shape index (κ2) is 17.2. The zero-order chi connectivity index (χ0) is 34.8. The van der Waals surface area contributed by atoms with Gasteiger partial charge in [0.25, 0.3) is 0 Å². The maximum absolute atomic E-state index is 17.6. The lowest BCUT2D eigenvalue weighted by Crippen LogP contribution is -2.50. The topological polar surface area (TPSA) is 76.9 Å². The van der Waals surface area contributed by atoms with Gasteiger partial charge in [0, 0.05) is 6.20 Å². The highest BCUT2D eigenvalue weighted by molar-refractivity contribution is 6.33. The van der Waals surface area contributed by atoms with Gasteiger partial charge in [-0.2, -0.15) is 0 Å². The Morgan fingerprint density at radius 3 is 1.65 bits per heavy atom. The van der Waals surface area contributed by atoms with Gasteiger partial charge >= 0.3 is 0 Å². The van der Waals surface area contributed by atoms with Crippen LogP contribution >= 0.6 is 11.6 Å². The molecule has 262 valence electrons. The summed E-state index contributed by atoms with van der Waals surface area (Å²) >= 11 is 6.44. The van der Waals surface area contributed by atoms with Gasteiger partial charge in [-0.25, -0.2) is 14.4 Å². The van der Waals surface area contributed by atoms with Crippen LogP contribution < -0.4 is 0 Å². The highest BCUT2D eigenvalue weighted by atomic mass is 35.5. The summed E-state index contributed by atoms with van der Waals surface area (Å²) in [6.45, 7) is 0.992. The van der Waals surface area contributed by atoms with Crippen LogP contribution in [0.25, 0.3) is 11.0 Å². The van der Waals surface area contributed by atoms with Crippen LogP contribution in [0.5, 0.6) is 0 Å². The van der Waals surface area contributed by atoms with Gasteiger partial charge < -0.3 is 28.3 Å². The highest BCUT2D eigenvalue weighted by Crippen LogP contribution is 2.37. The molecule has 1 fully saturated rings. The number of hydrogen-bond acceptors (Lipinski definition) is 7. The summed E-state index contributed by atoms with van der Waals surface area (Å²) in [7, 11) is 0. The lowest BCUT2D eigenvalue weighted by molar-refractivity contribution is -0.184. The minimum atomic E-state index is -1.74. The molecule has 6 aromatic rings. The monoisotopic (exact) mass is 707 g/mol. The molecule has 7 rings (SSSR count). The molecule has 0 amide bonds.